The first-order chi connectivity index (χ1) is 11.0. The summed E-state index contributed by atoms with van der Waals surface area (Å²) in [5.74, 6) is 0. The monoisotopic (exact) mass is 337 g/mol. The average molecular weight is 337 g/mol. The number of hydrogen-bond acceptors (Lipinski definition) is 4. The first-order valence-electron chi connectivity index (χ1n) is 7.85. The molecule has 3 rings (SSSR count). The molecule has 23 heavy (non-hydrogen) atoms. The number of aromatic nitrogens is 1. The van der Waals surface area contributed by atoms with Gasteiger partial charge in [0, 0.05) is 37.4 Å². The van der Waals surface area contributed by atoms with Crippen LogP contribution in [0.3, 0.4) is 0 Å². The predicted octanol–water partition coefficient (Wildman–Crippen LogP) is 1.31. The minimum Gasteiger partial charge on any atom is -0.376 e. The Hall–Kier alpha value is -1.41. The second-order valence-electron chi connectivity index (χ2n) is 6.06. The lowest BCUT2D eigenvalue weighted by atomic mass is 10.2. The van der Waals surface area contributed by atoms with Crippen LogP contribution in [0, 0.1) is 0 Å². The minimum absolute atomic E-state index is 0.0716. The summed E-state index contributed by atoms with van der Waals surface area (Å²) in [6.07, 6.45) is 1.94. The molecule has 1 aromatic carbocycles. The van der Waals surface area contributed by atoms with Crippen molar-refractivity contribution in [3.8, 4) is 0 Å². The molecule has 2 N–H and O–H groups in total. The van der Waals surface area contributed by atoms with Gasteiger partial charge >= 0.3 is 0 Å². The topological polar surface area (TPSA) is 74.4 Å². The van der Waals surface area contributed by atoms with E-state index in [1.807, 2.05) is 12.1 Å². The molecule has 1 fully saturated rings. The Kier molecular flexibility index (Phi) is 5.01. The van der Waals surface area contributed by atoms with E-state index in [1.165, 1.54) is 17.3 Å². The Morgan fingerprint density at radius 1 is 1.39 bits per heavy atom. The third-order valence-corrected chi connectivity index (χ3v) is 4.76. The number of H-pyrrole nitrogens is 1. The van der Waals surface area contributed by atoms with Crippen LogP contribution in [0.25, 0.3) is 10.9 Å². The quantitative estimate of drug-likeness (QED) is 0.833. The lowest BCUT2D eigenvalue weighted by molar-refractivity contribution is -0.0341. The number of nitrogens with one attached hydrogen (secondary N) is 2. The Balaban J connectivity index is 1.54. The first-order valence-corrected chi connectivity index (χ1v) is 9.74. The van der Waals surface area contributed by atoms with Crippen molar-refractivity contribution in [2.24, 2.45) is 0 Å². The van der Waals surface area contributed by atoms with Gasteiger partial charge in [-0.3, -0.25) is 4.90 Å². The molecule has 1 saturated heterocycles. The second-order valence-corrected chi connectivity index (χ2v) is 7.90. The van der Waals surface area contributed by atoms with Gasteiger partial charge in [0.05, 0.1) is 19.0 Å². The van der Waals surface area contributed by atoms with Crippen LogP contribution in [0.5, 0.6) is 0 Å². The van der Waals surface area contributed by atoms with Crippen LogP contribution in [0.4, 0.5) is 0 Å². The highest BCUT2D eigenvalue weighted by atomic mass is 32.2. The van der Waals surface area contributed by atoms with Gasteiger partial charge in [-0.25, -0.2) is 13.1 Å². The number of benzene rings is 1. The molecule has 6 nitrogen and oxygen atoms in total. The fourth-order valence-corrected chi connectivity index (χ4v) is 3.45. The number of para-hydroxylation sites is 1. The number of aromatic amines is 1. The lowest BCUT2D eigenvalue weighted by Gasteiger charge is -2.32. The molecule has 1 aromatic heterocycles. The van der Waals surface area contributed by atoms with E-state index in [0.717, 1.165) is 25.2 Å². The zero-order chi connectivity index (χ0) is 16.3. The van der Waals surface area contributed by atoms with Crippen molar-refractivity contribution in [3.05, 3.63) is 36.0 Å². The molecule has 0 spiro atoms. The number of nitrogens with zero attached hydrogens (tertiary/aromatic N) is 1. The molecule has 7 heteroatoms. The molecule has 1 aliphatic heterocycles. The molecular weight excluding hydrogens is 314 g/mol. The summed E-state index contributed by atoms with van der Waals surface area (Å²) in [5, 5.41) is 1.23. The van der Waals surface area contributed by atoms with Crippen molar-refractivity contribution >= 4 is 20.9 Å². The summed E-state index contributed by atoms with van der Waals surface area (Å²) in [5.41, 5.74) is 2.35. The zero-order valence-electron chi connectivity index (χ0n) is 13.3. The number of hydrogen-bond donors (Lipinski definition) is 2. The van der Waals surface area contributed by atoms with Crippen molar-refractivity contribution in [2.45, 2.75) is 19.1 Å². The highest BCUT2D eigenvalue weighted by Gasteiger charge is 2.21. The maximum Gasteiger partial charge on any atom is 0.208 e. The minimum atomic E-state index is -3.13. The maximum atomic E-state index is 11.1. The zero-order valence-corrected chi connectivity index (χ0v) is 14.1. The fourth-order valence-electron chi connectivity index (χ4n) is 2.96. The van der Waals surface area contributed by atoms with Crippen LogP contribution in [-0.2, 0) is 21.3 Å². The van der Waals surface area contributed by atoms with Crippen molar-refractivity contribution in [3.63, 3.8) is 0 Å². The normalized spacial score (nSPS) is 20.1. The van der Waals surface area contributed by atoms with Crippen molar-refractivity contribution in [2.75, 3.05) is 32.5 Å². The molecule has 1 aliphatic rings. The Morgan fingerprint density at radius 3 is 3.00 bits per heavy atom. The summed E-state index contributed by atoms with van der Waals surface area (Å²) in [4.78, 5) is 5.79. The second kappa shape index (κ2) is 7.00. The van der Waals surface area contributed by atoms with Crippen molar-refractivity contribution in [1.82, 2.24) is 14.6 Å². The summed E-state index contributed by atoms with van der Waals surface area (Å²) < 4.78 is 30.4. The molecule has 0 radical (unpaired) electrons. The summed E-state index contributed by atoms with van der Waals surface area (Å²) in [6.45, 7) is 3.67. The van der Waals surface area contributed by atoms with Crippen molar-refractivity contribution in [1.29, 1.82) is 0 Å². The SMILES string of the molecule is CS(=O)(=O)NCCC1CN(Cc2cc3ccccc3[nH]2)CCO1. The van der Waals surface area contributed by atoms with Gasteiger partial charge in [0.2, 0.25) is 10.0 Å². The molecule has 126 valence electrons. The van der Waals surface area contributed by atoms with Gasteiger partial charge in [-0.05, 0) is 23.9 Å². The molecule has 2 heterocycles. The average Bonchev–Trinajstić information content (AvgIpc) is 2.88. The van der Waals surface area contributed by atoms with E-state index >= 15 is 0 Å². The molecule has 1 atom stereocenters. The Labute approximate surface area is 136 Å². The maximum absolute atomic E-state index is 11.1. The van der Waals surface area contributed by atoms with Gasteiger partial charge < -0.3 is 9.72 Å². The van der Waals surface area contributed by atoms with Crippen LogP contribution >= 0.6 is 0 Å². The van der Waals surface area contributed by atoms with E-state index in [0.29, 0.717) is 19.6 Å². The number of fused-ring (bicyclic) bond motifs is 1. The molecule has 0 amide bonds. The van der Waals surface area contributed by atoms with Gasteiger partial charge in [0.15, 0.2) is 0 Å². The highest BCUT2D eigenvalue weighted by Crippen LogP contribution is 2.17. The first kappa shape index (κ1) is 16.4. The van der Waals surface area contributed by atoms with Crippen molar-refractivity contribution < 1.29 is 13.2 Å². The van der Waals surface area contributed by atoms with E-state index in [2.05, 4.69) is 32.8 Å². The lowest BCUT2D eigenvalue weighted by Crippen LogP contribution is -2.43. The molecule has 0 saturated carbocycles. The molecule has 1 unspecified atom stereocenters. The molecular formula is C16H23N3O3S. The van der Waals surface area contributed by atoms with Gasteiger partial charge in [-0.1, -0.05) is 18.2 Å². The number of morpholine rings is 1. The highest BCUT2D eigenvalue weighted by molar-refractivity contribution is 7.88. The molecule has 0 bridgehead atoms. The van der Waals surface area contributed by atoms with Gasteiger partial charge in [-0.2, -0.15) is 0 Å². The van der Waals surface area contributed by atoms with E-state index in [9.17, 15) is 8.42 Å². The Bertz CT molecular complexity index is 724. The predicted molar refractivity (Wildman–Crippen MR) is 90.8 cm³/mol. The van der Waals surface area contributed by atoms with Gasteiger partial charge in [0.25, 0.3) is 0 Å². The van der Waals surface area contributed by atoms with E-state index in [4.69, 9.17) is 4.74 Å². The smallest absolute Gasteiger partial charge is 0.208 e. The van der Waals surface area contributed by atoms with Gasteiger partial charge in [-0.15, -0.1) is 0 Å². The molecule has 2 aromatic rings. The molecule has 0 aliphatic carbocycles. The third-order valence-electron chi connectivity index (χ3n) is 4.03. The number of ether oxygens (including phenoxy) is 1. The van der Waals surface area contributed by atoms with Crippen LogP contribution in [0.2, 0.25) is 0 Å². The van der Waals surface area contributed by atoms with Crippen LogP contribution in [-0.4, -0.2) is 56.9 Å². The summed E-state index contributed by atoms with van der Waals surface area (Å²) in [6, 6.07) is 10.4. The summed E-state index contributed by atoms with van der Waals surface area (Å²) in [7, 11) is -3.13. The third kappa shape index (κ3) is 4.78. The standard InChI is InChI=1S/C16H23N3O3S/c1-23(20,21)17-7-6-15-12-19(8-9-22-15)11-14-10-13-4-2-3-5-16(13)18-14/h2-5,10,15,17-18H,6-9,11-12H2,1H3. The van der Waals surface area contributed by atoms with E-state index < -0.39 is 10.0 Å². The number of rotatable bonds is 6. The van der Waals surface area contributed by atoms with Crippen LogP contribution in [0.1, 0.15) is 12.1 Å². The Morgan fingerprint density at radius 2 is 2.22 bits per heavy atom. The number of sulfonamides is 1. The summed E-state index contributed by atoms with van der Waals surface area (Å²) >= 11 is 0. The van der Waals surface area contributed by atoms with Crippen LogP contribution < -0.4 is 4.72 Å². The fraction of sp³-hybridized carbons (Fsp3) is 0.500. The van der Waals surface area contributed by atoms with E-state index in [1.54, 1.807) is 0 Å². The van der Waals surface area contributed by atoms with E-state index in [-0.39, 0.29) is 6.10 Å². The largest absolute Gasteiger partial charge is 0.376 e. The van der Waals surface area contributed by atoms with Gasteiger partial charge in [0.1, 0.15) is 0 Å². The van der Waals surface area contributed by atoms with Crippen LogP contribution in [0.15, 0.2) is 30.3 Å².